The molecule has 2 aromatic rings. The van der Waals surface area contributed by atoms with Crippen LogP contribution in [0.2, 0.25) is 0 Å². The summed E-state index contributed by atoms with van der Waals surface area (Å²) >= 11 is 2.20. The van der Waals surface area contributed by atoms with Crippen molar-refractivity contribution in [2.45, 2.75) is 13.3 Å². The van der Waals surface area contributed by atoms with Crippen LogP contribution in [0.1, 0.15) is 22.8 Å². The van der Waals surface area contributed by atoms with Crippen molar-refractivity contribution in [3.05, 3.63) is 63.2 Å². The van der Waals surface area contributed by atoms with Gasteiger partial charge in [0.1, 0.15) is 11.5 Å². The Morgan fingerprint density at radius 2 is 1.62 bits per heavy atom. The van der Waals surface area contributed by atoms with Gasteiger partial charge >= 0.3 is 0 Å². The molecule has 0 saturated heterocycles. The molecule has 0 heterocycles. The smallest absolute Gasteiger partial charge is 0.200 e. The van der Waals surface area contributed by atoms with Crippen LogP contribution in [0, 0.1) is 3.57 Å². The molecule has 0 aliphatic rings. The van der Waals surface area contributed by atoms with Crippen LogP contribution in [-0.2, 0) is 11.2 Å². The highest BCUT2D eigenvalue weighted by atomic mass is 127. The van der Waals surface area contributed by atoms with Crippen molar-refractivity contribution >= 4 is 34.2 Å². The van der Waals surface area contributed by atoms with Gasteiger partial charge in [-0.3, -0.25) is 9.59 Å². The van der Waals surface area contributed by atoms with Crippen LogP contribution in [0.15, 0.2) is 48.5 Å². The van der Waals surface area contributed by atoms with Crippen molar-refractivity contribution in [3.63, 3.8) is 0 Å². The van der Waals surface area contributed by atoms with E-state index in [1.54, 1.807) is 31.2 Å². The first-order valence-corrected chi connectivity index (χ1v) is 7.62. The number of carbonyl (C=O) groups excluding carboxylic acids is 2. The van der Waals surface area contributed by atoms with E-state index in [1.165, 1.54) is 0 Å². The second kappa shape index (κ2) is 7.36. The molecule has 0 radical (unpaired) electrons. The predicted molar refractivity (Wildman–Crippen MR) is 89.8 cm³/mol. The Balaban J connectivity index is 1.92. The number of hydrogen-bond acceptors (Lipinski definition) is 3. The third kappa shape index (κ3) is 4.97. The maximum Gasteiger partial charge on any atom is 0.200 e. The molecular weight excluding hydrogens is 379 g/mol. The zero-order valence-corrected chi connectivity index (χ0v) is 13.8. The van der Waals surface area contributed by atoms with Crippen LogP contribution in [-0.4, -0.2) is 18.2 Å². The van der Waals surface area contributed by atoms with Crippen molar-refractivity contribution in [2.75, 3.05) is 6.61 Å². The zero-order valence-electron chi connectivity index (χ0n) is 11.6. The molecule has 2 rings (SSSR count). The number of hydrogen-bond donors (Lipinski definition) is 0. The van der Waals surface area contributed by atoms with Crippen LogP contribution in [0.25, 0.3) is 0 Å². The van der Waals surface area contributed by atoms with Gasteiger partial charge in [-0.2, -0.15) is 0 Å². The van der Waals surface area contributed by atoms with Crippen molar-refractivity contribution < 1.29 is 14.3 Å². The number of carbonyl (C=O) groups is 2. The molecular formula is C17H15IO3. The molecule has 21 heavy (non-hydrogen) atoms. The van der Waals surface area contributed by atoms with Crippen LogP contribution in [0.5, 0.6) is 5.75 Å². The molecule has 0 amide bonds. The fourth-order valence-corrected chi connectivity index (χ4v) is 2.22. The zero-order chi connectivity index (χ0) is 15.2. The number of ketones is 2. The predicted octanol–water partition coefficient (Wildman–Crippen LogP) is 3.68. The fourth-order valence-electron chi connectivity index (χ4n) is 1.86. The summed E-state index contributed by atoms with van der Waals surface area (Å²) in [6, 6.07) is 14.6. The Bertz CT molecular complexity index is 630. The second-order valence-corrected chi connectivity index (χ2v) is 5.99. The third-order valence-electron chi connectivity index (χ3n) is 2.91. The normalized spacial score (nSPS) is 10.2. The average Bonchev–Trinajstić information content (AvgIpc) is 2.46. The second-order valence-electron chi connectivity index (χ2n) is 4.74. The summed E-state index contributed by atoms with van der Waals surface area (Å²) < 4.78 is 6.57. The SMILES string of the molecule is CC(=O)Cc1ccc(OCC(=O)c2ccc(I)cc2)cc1. The van der Waals surface area contributed by atoms with Gasteiger partial charge in [0.15, 0.2) is 12.4 Å². The third-order valence-corrected chi connectivity index (χ3v) is 3.63. The van der Waals surface area contributed by atoms with Crippen molar-refractivity contribution in [2.24, 2.45) is 0 Å². The first-order chi connectivity index (χ1) is 10.0. The van der Waals surface area contributed by atoms with E-state index in [4.69, 9.17) is 4.74 Å². The van der Waals surface area contributed by atoms with Gasteiger partial charge in [0.25, 0.3) is 0 Å². The van der Waals surface area contributed by atoms with Gasteiger partial charge in [0.05, 0.1) is 0 Å². The van der Waals surface area contributed by atoms with Gasteiger partial charge in [-0.25, -0.2) is 0 Å². The van der Waals surface area contributed by atoms with E-state index in [9.17, 15) is 9.59 Å². The Morgan fingerprint density at radius 1 is 1.00 bits per heavy atom. The summed E-state index contributed by atoms with van der Waals surface area (Å²) in [5.74, 6) is 0.693. The minimum Gasteiger partial charge on any atom is -0.485 e. The number of halogens is 1. The van der Waals surface area contributed by atoms with E-state index < -0.39 is 0 Å². The Morgan fingerprint density at radius 3 is 2.19 bits per heavy atom. The van der Waals surface area contributed by atoms with E-state index in [2.05, 4.69) is 22.6 Å². The van der Waals surface area contributed by atoms with E-state index >= 15 is 0 Å². The first-order valence-electron chi connectivity index (χ1n) is 6.54. The topological polar surface area (TPSA) is 43.4 Å². The van der Waals surface area contributed by atoms with E-state index in [0.717, 1.165) is 9.13 Å². The highest BCUT2D eigenvalue weighted by Gasteiger charge is 2.07. The summed E-state index contributed by atoms with van der Waals surface area (Å²) in [4.78, 5) is 23.0. The van der Waals surface area contributed by atoms with Gasteiger partial charge < -0.3 is 4.74 Å². The van der Waals surface area contributed by atoms with Gasteiger partial charge in [-0.1, -0.05) is 24.3 Å². The maximum atomic E-state index is 12.0. The molecule has 0 bridgehead atoms. The molecule has 0 N–H and O–H groups in total. The molecule has 0 atom stereocenters. The van der Waals surface area contributed by atoms with Gasteiger partial charge in [-0.15, -0.1) is 0 Å². The minimum atomic E-state index is -0.0563. The molecule has 0 spiro atoms. The van der Waals surface area contributed by atoms with Crippen LogP contribution in [0.3, 0.4) is 0 Å². The van der Waals surface area contributed by atoms with Crippen LogP contribution in [0.4, 0.5) is 0 Å². The summed E-state index contributed by atoms with van der Waals surface area (Å²) in [6.07, 6.45) is 0.419. The average molecular weight is 394 g/mol. The molecule has 0 aliphatic heterocycles. The number of rotatable bonds is 6. The summed E-state index contributed by atoms with van der Waals surface area (Å²) in [5.41, 5.74) is 1.59. The Labute approximate surface area is 137 Å². The molecule has 4 heteroatoms. The lowest BCUT2D eigenvalue weighted by Gasteiger charge is -2.06. The largest absolute Gasteiger partial charge is 0.485 e. The fraction of sp³-hybridized carbons (Fsp3) is 0.176. The first kappa shape index (κ1) is 15.7. The number of Topliss-reactive ketones (excluding diaryl/α,β-unsaturated/α-hetero) is 2. The molecule has 2 aromatic carbocycles. The monoisotopic (exact) mass is 394 g/mol. The van der Waals surface area contributed by atoms with Gasteiger partial charge in [0, 0.05) is 15.6 Å². The van der Waals surface area contributed by atoms with E-state index in [-0.39, 0.29) is 18.2 Å². The lowest BCUT2D eigenvalue weighted by molar-refractivity contribution is -0.116. The van der Waals surface area contributed by atoms with Crippen LogP contribution < -0.4 is 4.74 Å². The van der Waals surface area contributed by atoms with Crippen molar-refractivity contribution in [1.82, 2.24) is 0 Å². The molecule has 108 valence electrons. The highest BCUT2D eigenvalue weighted by molar-refractivity contribution is 14.1. The Hall–Kier alpha value is -1.69. The van der Waals surface area contributed by atoms with E-state index in [0.29, 0.717) is 17.7 Å². The summed E-state index contributed by atoms with van der Waals surface area (Å²) in [7, 11) is 0. The van der Waals surface area contributed by atoms with Gasteiger partial charge in [0.2, 0.25) is 0 Å². The molecule has 0 saturated carbocycles. The molecule has 3 nitrogen and oxygen atoms in total. The quantitative estimate of drug-likeness (QED) is 0.555. The molecule has 0 aliphatic carbocycles. The summed E-state index contributed by atoms with van der Waals surface area (Å²) in [6.45, 7) is 1.57. The minimum absolute atomic E-state index is 0.00659. The standard InChI is InChI=1S/C17H15IO3/c1-12(19)10-13-2-8-16(9-3-13)21-11-17(20)14-4-6-15(18)7-5-14/h2-9H,10-11H2,1H3. The van der Waals surface area contributed by atoms with Crippen molar-refractivity contribution in [1.29, 1.82) is 0 Å². The molecule has 0 fully saturated rings. The highest BCUT2D eigenvalue weighted by Crippen LogP contribution is 2.14. The Kier molecular flexibility index (Phi) is 5.50. The lowest BCUT2D eigenvalue weighted by atomic mass is 10.1. The van der Waals surface area contributed by atoms with Gasteiger partial charge in [-0.05, 0) is 59.3 Å². The number of benzene rings is 2. The van der Waals surface area contributed by atoms with Crippen LogP contribution >= 0.6 is 22.6 Å². The van der Waals surface area contributed by atoms with E-state index in [1.807, 2.05) is 24.3 Å². The lowest BCUT2D eigenvalue weighted by Crippen LogP contribution is -2.11. The summed E-state index contributed by atoms with van der Waals surface area (Å²) in [5, 5.41) is 0. The van der Waals surface area contributed by atoms with Crippen molar-refractivity contribution in [3.8, 4) is 5.75 Å². The molecule has 0 unspecified atom stereocenters. The maximum absolute atomic E-state index is 12.0. The molecule has 0 aromatic heterocycles. The number of ether oxygens (including phenoxy) is 1.